The molecule has 1 heterocycles. The number of furan rings is 1. The fraction of sp³-hybridized carbons (Fsp3) is 0. The zero-order valence-corrected chi connectivity index (χ0v) is 19.0. The highest BCUT2D eigenvalue weighted by atomic mass is 16.3. The van der Waals surface area contributed by atoms with Gasteiger partial charge in [0.15, 0.2) is 0 Å². The van der Waals surface area contributed by atoms with Crippen molar-refractivity contribution in [2.24, 2.45) is 0 Å². The summed E-state index contributed by atoms with van der Waals surface area (Å²) in [5, 5.41) is 1.32. The second-order valence-corrected chi connectivity index (χ2v) is 8.60. The van der Waals surface area contributed by atoms with Gasteiger partial charge in [0, 0.05) is 10.8 Å². The molecule has 1 nitrogen and oxygen atoms in total. The number of hydrogen-bond donors (Lipinski definition) is 0. The van der Waals surface area contributed by atoms with Gasteiger partial charge in [-0.25, -0.2) is 0 Å². The number of benzene rings is 7. The highest BCUT2D eigenvalue weighted by Crippen LogP contribution is 2.45. The Kier molecular flexibility index (Phi) is 2.33. The van der Waals surface area contributed by atoms with Gasteiger partial charge in [0.2, 0.25) is 0 Å². The lowest BCUT2D eigenvalue weighted by atomic mass is 9.84. The van der Waals surface area contributed by atoms with E-state index in [1.165, 1.54) is 0 Å². The quantitative estimate of drug-likeness (QED) is 0.222. The summed E-state index contributed by atoms with van der Waals surface area (Å²) in [6.45, 7) is 0. The van der Waals surface area contributed by atoms with Crippen LogP contribution in [0.2, 0.25) is 0 Å². The van der Waals surface area contributed by atoms with E-state index in [9.17, 15) is 2.74 Å². The van der Waals surface area contributed by atoms with Crippen LogP contribution in [-0.4, -0.2) is 0 Å². The van der Waals surface area contributed by atoms with Crippen molar-refractivity contribution in [1.82, 2.24) is 0 Å². The van der Waals surface area contributed by atoms with Crippen LogP contribution in [0.1, 0.15) is 19.2 Å². The summed E-state index contributed by atoms with van der Waals surface area (Å²) in [6, 6.07) is 7.09. The summed E-state index contributed by atoms with van der Waals surface area (Å²) in [6.07, 6.45) is 0. The Morgan fingerprint density at radius 1 is 0.459 bits per heavy atom. The van der Waals surface area contributed by atoms with Crippen LogP contribution in [0.3, 0.4) is 0 Å². The van der Waals surface area contributed by atoms with Crippen molar-refractivity contribution in [3.8, 4) is 22.3 Å². The summed E-state index contributed by atoms with van der Waals surface area (Å²) < 4.78 is 127. The molecule has 0 fully saturated rings. The Morgan fingerprint density at radius 2 is 1.05 bits per heavy atom. The number of para-hydroxylation sites is 1. The van der Waals surface area contributed by atoms with Gasteiger partial charge >= 0.3 is 0 Å². The summed E-state index contributed by atoms with van der Waals surface area (Å²) in [5.41, 5.74) is 0.272. The SMILES string of the molecule is [2H]c1c([2H])c([2H])c2c(oc3c([2H])c(-c4c5ccccc5c(-c5c([2H])c([2H])c([2H])c6c([2H])c([2H])c([2H])c([2H])c56)c5ccccc45)c([2H])c([2H])c32)c1[2H]. The molecule has 0 saturated carbocycles. The van der Waals surface area contributed by atoms with Crippen LogP contribution in [0.25, 0.3) is 76.5 Å². The lowest BCUT2D eigenvalue weighted by Crippen LogP contribution is -1.91. The molecule has 0 aliphatic carbocycles. The predicted octanol–water partition coefficient (Wildman–Crippen LogP) is 10.4. The van der Waals surface area contributed by atoms with Crippen LogP contribution in [0, 0.1) is 0 Å². The Bertz CT molecular complexity index is 2850. The topological polar surface area (TPSA) is 13.1 Å². The van der Waals surface area contributed by atoms with E-state index in [0.29, 0.717) is 32.7 Å². The molecular formula is C36H22O. The maximum atomic E-state index is 9.38. The van der Waals surface area contributed by atoms with Gasteiger partial charge in [-0.05, 0) is 72.7 Å². The summed E-state index contributed by atoms with van der Waals surface area (Å²) in [7, 11) is 0. The molecule has 0 radical (unpaired) electrons. The molecule has 8 rings (SSSR count). The van der Waals surface area contributed by atoms with Crippen LogP contribution in [0.4, 0.5) is 0 Å². The fourth-order valence-electron chi connectivity index (χ4n) is 5.09. The lowest BCUT2D eigenvalue weighted by molar-refractivity contribution is 0.669. The minimum absolute atomic E-state index is 0.0127. The van der Waals surface area contributed by atoms with E-state index in [1.807, 2.05) is 0 Å². The first-order valence-electron chi connectivity index (χ1n) is 18.6. The largest absolute Gasteiger partial charge is 0.456 e. The first-order valence-corrected chi connectivity index (χ1v) is 11.6. The van der Waals surface area contributed by atoms with Crippen molar-refractivity contribution in [3.05, 3.63) is 133 Å². The standard InChI is InChI=1S/C36H22O/c1-2-12-25-23(10-1)11-9-18-28(25)36-31-16-5-3-14-29(31)35(30-15-4-6-17-32(30)36)24-20-21-27-26-13-7-8-19-33(26)37-34(27)22-24/h1-22H/i1D,2D,7D,8D,9D,10D,11D,12D,13D,18D,19D,20D,21D,22D. The third-order valence-corrected chi connectivity index (χ3v) is 6.63. The van der Waals surface area contributed by atoms with Gasteiger partial charge in [0.1, 0.15) is 11.2 Å². The number of fused-ring (bicyclic) bond motifs is 6. The van der Waals surface area contributed by atoms with Gasteiger partial charge < -0.3 is 4.42 Å². The Balaban J connectivity index is 1.60. The molecule has 37 heavy (non-hydrogen) atoms. The molecule has 0 amide bonds. The zero-order chi connectivity index (χ0) is 36.5. The summed E-state index contributed by atoms with van der Waals surface area (Å²) in [5.74, 6) is 0. The molecule has 0 aliphatic heterocycles. The highest BCUT2D eigenvalue weighted by molar-refractivity contribution is 6.24. The van der Waals surface area contributed by atoms with Crippen molar-refractivity contribution in [2.45, 2.75) is 0 Å². The number of rotatable bonds is 2. The average Bonchev–Trinajstić information content (AvgIpc) is 3.54. The van der Waals surface area contributed by atoms with Gasteiger partial charge in [-0.1, -0.05) is 115 Å². The first-order chi connectivity index (χ1) is 24.2. The third-order valence-electron chi connectivity index (χ3n) is 6.63. The normalized spacial score (nSPS) is 17.1. The first kappa shape index (κ1) is 11.0. The van der Waals surface area contributed by atoms with Crippen molar-refractivity contribution in [1.29, 1.82) is 0 Å². The van der Waals surface area contributed by atoms with Crippen LogP contribution in [0.5, 0.6) is 0 Å². The van der Waals surface area contributed by atoms with Crippen LogP contribution in [-0.2, 0) is 0 Å². The third kappa shape index (κ3) is 2.98. The lowest BCUT2D eigenvalue weighted by Gasteiger charge is -2.18. The van der Waals surface area contributed by atoms with E-state index >= 15 is 0 Å². The van der Waals surface area contributed by atoms with Gasteiger partial charge in [0.05, 0.1) is 19.2 Å². The highest BCUT2D eigenvalue weighted by Gasteiger charge is 2.18. The maximum absolute atomic E-state index is 9.38. The molecule has 0 N–H and O–H groups in total. The van der Waals surface area contributed by atoms with Crippen LogP contribution in [0.15, 0.2) is 138 Å². The van der Waals surface area contributed by atoms with Crippen molar-refractivity contribution < 1.29 is 23.6 Å². The van der Waals surface area contributed by atoms with E-state index in [0.717, 1.165) is 0 Å². The van der Waals surface area contributed by atoms with Crippen molar-refractivity contribution in [3.63, 3.8) is 0 Å². The molecule has 1 aromatic heterocycles. The minimum atomic E-state index is -0.569. The maximum Gasteiger partial charge on any atom is 0.136 e. The van der Waals surface area contributed by atoms with E-state index in [2.05, 4.69) is 0 Å². The molecule has 7 aromatic carbocycles. The Hall–Kier alpha value is -4.88. The molecule has 0 aliphatic rings. The molecule has 172 valence electrons. The molecule has 8 aromatic rings. The fourth-order valence-corrected chi connectivity index (χ4v) is 5.09. The van der Waals surface area contributed by atoms with Gasteiger partial charge in [-0.2, -0.15) is 0 Å². The molecule has 1 heteroatoms. The molecule has 0 saturated heterocycles. The Morgan fingerprint density at radius 3 is 1.81 bits per heavy atom. The minimum Gasteiger partial charge on any atom is -0.456 e. The van der Waals surface area contributed by atoms with Crippen LogP contribution >= 0.6 is 0 Å². The van der Waals surface area contributed by atoms with Gasteiger partial charge in [0.25, 0.3) is 0 Å². The van der Waals surface area contributed by atoms with Gasteiger partial charge in [-0.3, -0.25) is 0 Å². The zero-order valence-electron chi connectivity index (χ0n) is 33.0. The smallest absolute Gasteiger partial charge is 0.136 e. The second kappa shape index (κ2) is 7.81. The van der Waals surface area contributed by atoms with Crippen LogP contribution < -0.4 is 0 Å². The van der Waals surface area contributed by atoms with Gasteiger partial charge in [-0.15, -0.1) is 0 Å². The van der Waals surface area contributed by atoms with E-state index in [-0.39, 0.29) is 49.9 Å². The predicted molar refractivity (Wildman–Crippen MR) is 157 cm³/mol. The number of hydrogen-bond acceptors (Lipinski definition) is 1. The van der Waals surface area contributed by atoms with E-state index in [4.69, 9.17) is 20.9 Å². The second-order valence-electron chi connectivity index (χ2n) is 8.60. The molecule has 0 bridgehead atoms. The molecule has 0 unspecified atom stereocenters. The van der Waals surface area contributed by atoms with E-state index in [1.54, 1.807) is 48.5 Å². The summed E-state index contributed by atoms with van der Waals surface area (Å²) in [4.78, 5) is 0. The van der Waals surface area contributed by atoms with Crippen molar-refractivity contribution >= 4 is 54.3 Å². The van der Waals surface area contributed by atoms with Crippen molar-refractivity contribution in [2.75, 3.05) is 0 Å². The molecule has 0 atom stereocenters. The molecular weight excluding hydrogens is 448 g/mol. The summed E-state index contributed by atoms with van der Waals surface area (Å²) >= 11 is 0. The molecule has 0 spiro atoms. The Labute approximate surface area is 233 Å². The van der Waals surface area contributed by atoms with E-state index < -0.39 is 78.6 Å². The monoisotopic (exact) mass is 484 g/mol. The average molecular weight is 485 g/mol.